The van der Waals surface area contributed by atoms with Crippen molar-refractivity contribution in [2.24, 2.45) is 0 Å². The van der Waals surface area contributed by atoms with Gasteiger partial charge in [0.05, 0.1) is 11.4 Å². The van der Waals surface area contributed by atoms with Gasteiger partial charge in [0.15, 0.2) is 11.6 Å². The van der Waals surface area contributed by atoms with Gasteiger partial charge in [-0.25, -0.2) is 8.42 Å². The highest BCUT2D eigenvalue weighted by Crippen LogP contribution is 2.20. The Kier molecular flexibility index (Phi) is 6.57. The molecule has 7 heteroatoms. The summed E-state index contributed by atoms with van der Waals surface area (Å²) in [7, 11) is -2.47. The average Bonchev–Trinajstić information content (AvgIpc) is 3.02. The zero-order chi connectivity index (χ0) is 22.8. The normalized spacial score (nSPS) is 11.6. The summed E-state index contributed by atoms with van der Waals surface area (Å²) in [6.07, 6.45) is 0. The van der Waals surface area contributed by atoms with Gasteiger partial charge in [0.25, 0.3) is 0 Å². The van der Waals surface area contributed by atoms with Crippen LogP contribution in [0.3, 0.4) is 0 Å². The number of carbonyl (C=O) groups excluding carboxylic acids is 2. The van der Waals surface area contributed by atoms with E-state index >= 15 is 0 Å². The molecule has 6 nitrogen and oxygen atoms in total. The largest absolute Gasteiger partial charge is 0.344 e. The van der Waals surface area contributed by atoms with Crippen LogP contribution < -0.4 is 0 Å². The lowest BCUT2D eigenvalue weighted by Crippen LogP contribution is -2.32. The predicted octanol–water partition coefficient (Wildman–Crippen LogP) is 3.86. The molecule has 0 atom stereocenters. The lowest BCUT2D eigenvalue weighted by molar-refractivity contribution is 0.0971. The van der Waals surface area contributed by atoms with Crippen LogP contribution in [0.5, 0.6) is 0 Å². The molecule has 0 radical (unpaired) electrons. The molecule has 0 unspecified atom stereocenters. The zero-order valence-electron chi connectivity index (χ0n) is 18.1. The van der Waals surface area contributed by atoms with Gasteiger partial charge >= 0.3 is 0 Å². The van der Waals surface area contributed by atoms with E-state index in [0.717, 1.165) is 21.3 Å². The Morgan fingerprint density at radius 1 is 0.968 bits per heavy atom. The van der Waals surface area contributed by atoms with Gasteiger partial charge < -0.3 is 4.57 Å². The van der Waals surface area contributed by atoms with Gasteiger partial charge in [0, 0.05) is 36.1 Å². The average molecular weight is 439 g/mol. The Morgan fingerprint density at radius 3 is 2.16 bits per heavy atom. The Balaban J connectivity index is 1.79. The fourth-order valence-corrected chi connectivity index (χ4v) is 4.63. The van der Waals surface area contributed by atoms with E-state index in [1.54, 1.807) is 0 Å². The van der Waals surface area contributed by atoms with Crippen molar-refractivity contribution in [3.63, 3.8) is 0 Å². The lowest BCUT2D eigenvalue weighted by atomic mass is 10.1. The third kappa shape index (κ3) is 4.84. The third-order valence-electron chi connectivity index (χ3n) is 5.39. The first-order valence-electron chi connectivity index (χ1n) is 9.92. The van der Waals surface area contributed by atoms with Gasteiger partial charge in [-0.05, 0) is 44.5 Å². The number of hydrogen-bond donors (Lipinski definition) is 0. The van der Waals surface area contributed by atoms with Crippen LogP contribution >= 0.6 is 0 Å². The van der Waals surface area contributed by atoms with Crippen molar-refractivity contribution in [2.75, 3.05) is 13.6 Å². The first-order valence-corrected chi connectivity index (χ1v) is 11.4. The molecule has 0 saturated heterocycles. The highest BCUT2D eigenvalue weighted by molar-refractivity contribution is 7.89. The van der Waals surface area contributed by atoms with E-state index in [4.69, 9.17) is 0 Å². The van der Waals surface area contributed by atoms with E-state index in [9.17, 15) is 18.0 Å². The molecule has 1 aromatic heterocycles. The summed E-state index contributed by atoms with van der Waals surface area (Å²) in [5, 5.41) is 0. The van der Waals surface area contributed by atoms with Gasteiger partial charge in [0.2, 0.25) is 10.0 Å². The molecule has 0 bridgehead atoms. The number of aryl methyl sites for hydroxylation is 1. The first-order chi connectivity index (χ1) is 14.6. The summed E-state index contributed by atoms with van der Waals surface area (Å²) in [6.45, 7) is 5.60. The van der Waals surface area contributed by atoms with E-state index in [1.165, 1.54) is 38.2 Å². The second kappa shape index (κ2) is 8.99. The summed E-state index contributed by atoms with van der Waals surface area (Å²) in [5.74, 6) is -0.405. The zero-order valence-corrected chi connectivity index (χ0v) is 18.9. The Bertz CT molecular complexity index is 1210. The van der Waals surface area contributed by atoms with E-state index in [-0.39, 0.29) is 23.0 Å². The van der Waals surface area contributed by atoms with Crippen molar-refractivity contribution < 1.29 is 18.0 Å². The van der Waals surface area contributed by atoms with Gasteiger partial charge in [-0.2, -0.15) is 4.31 Å². The topological polar surface area (TPSA) is 76.5 Å². The number of carbonyl (C=O) groups is 2. The fraction of sp³-hybridized carbons (Fsp3) is 0.250. The SMILES string of the molecule is CC(=O)c1ccc(S(=O)(=O)N(C)CC(=O)c2cc(C)n(Cc3ccccc3)c2C)cc1. The van der Waals surface area contributed by atoms with Crippen LogP contribution in [0.15, 0.2) is 65.6 Å². The molecule has 3 rings (SSSR count). The quantitative estimate of drug-likeness (QED) is 0.501. The highest BCUT2D eigenvalue weighted by Gasteiger charge is 2.25. The number of nitrogens with zero attached hydrogens (tertiary/aromatic N) is 2. The summed E-state index contributed by atoms with van der Waals surface area (Å²) < 4.78 is 28.8. The summed E-state index contributed by atoms with van der Waals surface area (Å²) in [5.41, 5.74) is 3.82. The molecule has 0 aliphatic carbocycles. The summed E-state index contributed by atoms with van der Waals surface area (Å²) in [4.78, 5) is 24.4. The van der Waals surface area contributed by atoms with Crippen LogP contribution in [0.25, 0.3) is 0 Å². The second-order valence-electron chi connectivity index (χ2n) is 7.62. The standard InChI is InChI=1S/C24H26N2O4S/c1-17-14-23(18(2)26(17)15-20-8-6-5-7-9-20)24(28)16-25(4)31(29,30)22-12-10-21(11-13-22)19(3)27/h5-14H,15-16H2,1-4H3. The van der Waals surface area contributed by atoms with Crippen molar-refractivity contribution in [3.05, 3.63) is 88.7 Å². The van der Waals surface area contributed by atoms with Gasteiger partial charge in [-0.3, -0.25) is 9.59 Å². The number of benzene rings is 2. The molecule has 31 heavy (non-hydrogen) atoms. The van der Waals surface area contributed by atoms with Gasteiger partial charge in [0.1, 0.15) is 0 Å². The van der Waals surface area contributed by atoms with Crippen LogP contribution in [-0.4, -0.2) is 42.4 Å². The Hall–Kier alpha value is -3.03. The number of hydrogen-bond acceptors (Lipinski definition) is 4. The van der Waals surface area contributed by atoms with Gasteiger partial charge in [-0.1, -0.05) is 42.5 Å². The number of sulfonamides is 1. The van der Waals surface area contributed by atoms with Crippen LogP contribution in [0.1, 0.15) is 44.6 Å². The minimum absolute atomic E-state index is 0.0438. The molecule has 2 aromatic carbocycles. The van der Waals surface area contributed by atoms with Crippen LogP contribution in [0.4, 0.5) is 0 Å². The molecular weight excluding hydrogens is 412 g/mol. The Morgan fingerprint density at radius 2 is 1.58 bits per heavy atom. The number of rotatable bonds is 8. The second-order valence-corrected chi connectivity index (χ2v) is 9.67. The molecule has 0 fully saturated rings. The van der Waals surface area contributed by atoms with Crippen molar-refractivity contribution >= 4 is 21.6 Å². The number of Topliss-reactive ketones (excluding diaryl/α,β-unsaturated/α-hetero) is 2. The maximum atomic E-state index is 13.0. The third-order valence-corrected chi connectivity index (χ3v) is 7.21. The summed E-state index contributed by atoms with van der Waals surface area (Å²) >= 11 is 0. The molecule has 162 valence electrons. The van der Waals surface area contributed by atoms with E-state index in [1.807, 2.05) is 50.2 Å². The predicted molar refractivity (Wildman–Crippen MR) is 120 cm³/mol. The molecule has 0 N–H and O–H groups in total. The minimum Gasteiger partial charge on any atom is -0.344 e. The van der Waals surface area contributed by atoms with E-state index in [0.29, 0.717) is 17.7 Å². The van der Waals surface area contributed by atoms with Crippen molar-refractivity contribution in [1.29, 1.82) is 0 Å². The molecule has 0 aliphatic rings. The highest BCUT2D eigenvalue weighted by atomic mass is 32.2. The lowest BCUT2D eigenvalue weighted by Gasteiger charge is -2.17. The maximum Gasteiger partial charge on any atom is 0.243 e. The van der Waals surface area contributed by atoms with Crippen LogP contribution in [0.2, 0.25) is 0 Å². The smallest absolute Gasteiger partial charge is 0.243 e. The van der Waals surface area contributed by atoms with Crippen LogP contribution in [-0.2, 0) is 16.6 Å². The van der Waals surface area contributed by atoms with Crippen molar-refractivity contribution in [1.82, 2.24) is 8.87 Å². The van der Waals surface area contributed by atoms with Crippen molar-refractivity contribution in [3.8, 4) is 0 Å². The molecule has 3 aromatic rings. The first kappa shape index (κ1) is 22.7. The number of aromatic nitrogens is 1. The summed E-state index contributed by atoms with van der Waals surface area (Å²) in [6, 6.07) is 17.5. The minimum atomic E-state index is -3.85. The van der Waals surface area contributed by atoms with Crippen LogP contribution in [0, 0.1) is 13.8 Å². The fourth-order valence-electron chi connectivity index (χ4n) is 3.51. The maximum absolute atomic E-state index is 13.0. The van der Waals surface area contributed by atoms with Crippen molar-refractivity contribution in [2.45, 2.75) is 32.2 Å². The molecule has 0 amide bonds. The van der Waals surface area contributed by atoms with E-state index in [2.05, 4.69) is 4.57 Å². The number of ketones is 2. The monoisotopic (exact) mass is 438 g/mol. The molecule has 1 heterocycles. The Labute approximate surface area is 183 Å². The number of likely N-dealkylation sites (N-methyl/N-ethyl adjacent to an activating group) is 1. The molecule has 0 saturated carbocycles. The van der Waals surface area contributed by atoms with Gasteiger partial charge in [-0.15, -0.1) is 0 Å². The molecular formula is C24H26N2O4S. The molecule has 0 aliphatic heterocycles. The van der Waals surface area contributed by atoms with E-state index < -0.39 is 10.0 Å². The molecule has 0 spiro atoms.